The first-order valence-electron chi connectivity index (χ1n) is 5.30. The summed E-state index contributed by atoms with van der Waals surface area (Å²) in [5, 5.41) is -0.231. The van der Waals surface area contributed by atoms with Gasteiger partial charge >= 0.3 is 0 Å². The van der Waals surface area contributed by atoms with Crippen molar-refractivity contribution in [3.63, 3.8) is 0 Å². The van der Waals surface area contributed by atoms with Crippen molar-refractivity contribution >= 4 is 18.4 Å². The fraction of sp³-hybridized carbons (Fsp3) is 0.900. The van der Waals surface area contributed by atoms with Crippen LogP contribution in [0.5, 0.6) is 0 Å². The van der Waals surface area contributed by atoms with Gasteiger partial charge in [-0.1, -0.05) is 32.6 Å². The van der Waals surface area contributed by atoms with Crippen molar-refractivity contribution in [2.24, 2.45) is 11.5 Å². The summed E-state index contributed by atoms with van der Waals surface area (Å²) < 4.78 is 0. The summed E-state index contributed by atoms with van der Waals surface area (Å²) in [6.45, 7) is 2.37. The van der Waals surface area contributed by atoms with Gasteiger partial charge in [0.05, 0.1) is 11.3 Å². The number of rotatable bonds is 8. The summed E-state index contributed by atoms with van der Waals surface area (Å²) in [5.74, 6) is -0.0210. The van der Waals surface area contributed by atoms with Crippen LogP contribution < -0.4 is 11.5 Å². The third-order valence-electron chi connectivity index (χ3n) is 2.28. The van der Waals surface area contributed by atoms with Gasteiger partial charge in [0.25, 0.3) is 0 Å². The van der Waals surface area contributed by atoms with Gasteiger partial charge in [0, 0.05) is 6.54 Å². The third-order valence-corrected chi connectivity index (χ3v) is 2.79. The lowest BCUT2D eigenvalue weighted by molar-refractivity contribution is -0.119. The van der Waals surface area contributed by atoms with Crippen molar-refractivity contribution in [2.75, 3.05) is 6.54 Å². The second kappa shape index (κ2) is 8.26. The number of Topliss-reactive ketones (excluding diaryl/α,β-unsaturated/α-hetero) is 1. The Morgan fingerprint density at radius 1 is 1.36 bits per heavy atom. The van der Waals surface area contributed by atoms with Crippen LogP contribution in [-0.2, 0) is 4.79 Å². The fourth-order valence-corrected chi connectivity index (χ4v) is 1.64. The zero-order chi connectivity index (χ0) is 11.0. The first kappa shape index (κ1) is 13.9. The van der Waals surface area contributed by atoms with Crippen LogP contribution >= 0.6 is 12.6 Å². The quantitative estimate of drug-likeness (QED) is 0.422. The molecule has 0 aliphatic carbocycles. The zero-order valence-corrected chi connectivity index (χ0v) is 9.80. The molecule has 0 saturated carbocycles. The number of hydrogen-bond donors (Lipinski definition) is 3. The maximum atomic E-state index is 11.5. The number of thiol groups is 1. The minimum atomic E-state index is -0.538. The molecule has 0 saturated heterocycles. The molecule has 2 unspecified atom stereocenters. The van der Waals surface area contributed by atoms with Crippen molar-refractivity contribution in [1.29, 1.82) is 0 Å². The number of hydrogen-bond acceptors (Lipinski definition) is 4. The van der Waals surface area contributed by atoms with E-state index in [0.717, 1.165) is 12.8 Å². The predicted octanol–water partition coefficient (Wildman–Crippen LogP) is 1.11. The summed E-state index contributed by atoms with van der Waals surface area (Å²) in [6, 6.07) is -0.538. The van der Waals surface area contributed by atoms with Gasteiger partial charge in [0.2, 0.25) is 0 Å². The van der Waals surface area contributed by atoms with E-state index in [0.29, 0.717) is 0 Å². The standard InChI is InChI=1S/C10H22N2OS/c1-2-3-4-5-6-9(14)10(13)8(12)7-11/h8-9,14H,2-7,11-12H2,1H3. The molecule has 0 heterocycles. The Kier molecular flexibility index (Phi) is 8.23. The van der Waals surface area contributed by atoms with Crippen molar-refractivity contribution in [3.05, 3.63) is 0 Å². The minimum Gasteiger partial charge on any atom is -0.328 e. The van der Waals surface area contributed by atoms with Crippen LogP contribution in [0.3, 0.4) is 0 Å². The van der Waals surface area contributed by atoms with Crippen molar-refractivity contribution in [1.82, 2.24) is 0 Å². The maximum Gasteiger partial charge on any atom is 0.163 e. The van der Waals surface area contributed by atoms with Crippen LogP contribution in [0.15, 0.2) is 0 Å². The van der Waals surface area contributed by atoms with Gasteiger partial charge < -0.3 is 11.5 Å². The molecule has 0 bridgehead atoms. The average Bonchev–Trinajstić information content (AvgIpc) is 2.21. The lowest BCUT2D eigenvalue weighted by Gasteiger charge is -2.13. The number of carbonyl (C=O) groups is 1. The van der Waals surface area contributed by atoms with Crippen LogP contribution in [0.1, 0.15) is 39.0 Å². The molecule has 14 heavy (non-hydrogen) atoms. The topological polar surface area (TPSA) is 69.1 Å². The van der Waals surface area contributed by atoms with Crippen LogP contribution in [0, 0.1) is 0 Å². The van der Waals surface area contributed by atoms with Gasteiger partial charge in [0.15, 0.2) is 5.78 Å². The molecular weight excluding hydrogens is 196 g/mol. The van der Waals surface area contributed by atoms with E-state index in [2.05, 4.69) is 19.6 Å². The van der Waals surface area contributed by atoms with E-state index in [-0.39, 0.29) is 17.6 Å². The molecule has 0 spiro atoms. The SMILES string of the molecule is CCCCCCC(S)C(=O)C(N)CN. The average molecular weight is 218 g/mol. The molecule has 0 fully saturated rings. The molecule has 4 N–H and O–H groups in total. The summed E-state index contributed by atoms with van der Waals surface area (Å²) in [5.41, 5.74) is 10.8. The Hall–Kier alpha value is -0.0600. The molecule has 2 atom stereocenters. The van der Waals surface area contributed by atoms with Crippen LogP contribution in [0.25, 0.3) is 0 Å². The lowest BCUT2D eigenvalue weighted by Crippen LogP contribution is -2.42. The van der Waals surface area contributed by atoms with E-state index in [1.807, 2.05) is 0 Å². The Bertz CT molecular complexity index is 164. The molecule has 3 nitrogen and oxygen atoms in total. The molecular formula is C10H22N2OS. The van der Waals surface area contributed by atoms with Crippen molar-refractivity contribution < 1.29 is 4.79 Å². The first-order chi connectivity index (χ1) is 6.63. The summed E-state index contributed by atoms with van der Waals surface area (Å²) in [4.78, 5) is 11.5. The number of ketones is 1. The molecule has 4 heteroatoms. The fourth-order valence-electron chi connectivity index (χ4n) is 1.27. The van der Waals surface area contributed by atoms with Gasteiger partial charge in [-0.25, -0.2) is 0 Å². The second-order valence-corrected chi connectivity index (χ2v) is 4.23. The van der Waals surface area contributed by atoms with E-state index in [1.54, 1.807) is 0 Å². The predicted molar refractivity (Wildman–Crippen MR) is 63.6 cm³/mol. The Labute approximate surface area is 92.0 Å². The summed E-state index contributed by atoms with van der Waals surface area (Å²) >= 11 is 4.24. The number of nitrogens with two attached hydrogens (primary N) is 2. The maximum absolute atomic E-state index is 11.5. The van der Waals surface area contributed by atoms with E-state index in [9.17, 15) is 4.79 Å². The highest BCUT2D eigenvalue weighted by molar-refractivity contribution is 7.81. The van der Waals surface area contributed by atoms with Crippen LogP contribution in [0.4, 0.5) is 0 Å². The van der Waals surface area contributed by atoms with Gasteiger partial charge in [-0.2, -0.15) is 12.6 Å². The molecule has 84 valence electrons. The zero-order valence-electron chi connectivity index (χ0n) is 8.91. The van der Waals surface area contributed by atoms with E-state index in [1.165, 1.54) is 19.3 Å². The van der Waals surface area contributed by atoms with E-state index in [4.69, 9.17) is 11.5 Å². The highest BCUT2D eigenvalue weighted by Gasteiger charge is 2.19. The lowest BCUT2D eigenvalue weighted by atomic mass is 10.0. The molecule has 0 aromatic heterocycles. The summed E-state index contributed by atoms with van der Waals surface area (Å²) in [6.07, 6.45) is 5.45. The second-order valence-electron chi connectivity index (χ2n) is 3.61. The molecule has 0 radical (unpaired) electrons. The van der Waals surface area contributed by atoms with E-state index >= 15 is 0 Å². The van der Waals surface area contributed by atoms with Crippen LogP contribution in [-0.4, -0.2) is 23.6 Å². The first-order valence-corrected chi connectivity index (χ1v) is 5.82. The van der Waals surface area contributed by atoms with Gasteiger partial charge in [-0.15, -0.1) is 0 Å². The van der Waals surface area contributed by atoms with E-state index < -0.39 is 6.04 Å². The molecule has 0 amide bonds. The van der Waals surface area contributed by atoms with Crippen molar-refractivity contribution in [2.45, 2.75) is 50.3 Å². The van der Waals surface area contributed by atoms with Crippen molar-refractivity contribution in [3.8, 4) is 0 Å². The molecule has 0 aliphatic rings. The molecule has 0 aromatic rings. The van der Waals surface area contributed by atoms with Gasteiger partial charge in [-0.05, 0) is 6.42 Å². The smallest absolute Gasteiger partial charge is 0.163 e. The summed E-state index contributed by atoms with van der Waals surface area (Å²) in [7, 11) is 0. The molecule has 0 aliphatic heterocycles. The molecule has 0 rings (SSSR count). The largest absolute Gasteiger partial charge is 0.328 e. The normalized spacial score (nSPS) is 15.1. The monoisotopic (exact) mass is 218 g/mol. The van der Waals surface area contributed by atoms with Gasteiger partial charge in [0.1, 0.15) is 0 Å². The number of unbranched alkanes of at least 4 members (excludes halogenated alkanes) is 3. The highest BCUT2D eigenvalue weighted by atomic mass is 32.1. The number of carbonyl (C=O) groups excluding carboxylic acids is 1. The molecule has 0 aromatic carbocycles. The highest BCUT2D eigenvalue weighted by Crippen LogP contribution is 2.11. The minimum absolute atomic E-state index is 0.0210. The van der Waals surface area contributed by atoms with Gasteiger partial charge in [-0.3, -0.25) is 4.79 Å². The Morgan fingerprint density at radius 2 is 2.00 bits per heavy atom. The Balaban J connectivity index is 3.62. The van der Waals surface area contributed by atoms with Crippen LogP contribution in [0.2, 0.25) is 0 Å². The third kappa shape index (κ3) is 5.62. The Morgan fingerprint density at radius 3 is 2.50 bits per heavy atom.